The standard InChI is InChI=1S/C9H8F2N2O2/c1-15-9-7(8(10)11)5(2-3-12)6(14)4-13-9/h4,8,14H,2H2,1H3. The highest BCUT2D eigenvalue weighted by Gasteiger charge is 2.22. The zero-order valence-corrected chi connectivity index (χ0v) is 7.87. The smallest absolute Gasteiger partial charge is 0.269 e. The van der Waals surface area contributed by atoms with Crippen LogP contribution in [0.2, 0.25) is 0 Å². The molecule has 1 heterocycles. The zero-order chi connectivity index (χ0) is 11.4. The Morgan fingerprint density at radius 1 is 1.67 bits per heavy atom. The van der Waals surface area contributed by atoms with Gasteiger partial charge in [-0.05, 0) is 0 Å². The number of ether oxygens (including phenoxy) is 1. The minimum absolute atomic E-state index is 0.139. The second kappa shape index (κ2) is 4.55. The van der Waals surface area contributed by atoms with Crippen LogP contribution in [0.1, 0.15) is 17.6 Å². The predicted octanol–water partition coefficient (Wildman–Crippen LogP) is 1.80. The molecule has 0 aromatic carbocycles. The molecule has 1 aromatic heterocycles. The molecule has 0 aliphatic rings. The van der Waals surface area contributed by atoms with Crippen molar-refractivity contribution < 1.29 is 18.6 Å². The molecule has 0 aliphatic carbocycles. The van der Waals surface area contributed by atoms with Gasteiger partial charge in [0.15, 0.2) is 0 Å². The maximum atomic E-state index is 12.6. The molecule has 1 rings (SSSR count). The third kappa shape index (κ3) is 2.13. The van der Waals surface area contributed by atoms with Crippen LogP contribution in [0.25, 0.3) is 0 Å². The SMILES string of the molecule is COc1ncc(O)c(CC#N)c1C(F)F. The minimum atomic E-state index is -2.84. The molecule has 0 fully saturated rings. The molecule has 0 saturated heterocycles. The Morgan fingerprint density at radius 3 is 2.80 bits per heavy atom. The average Bonchev–Trinajstić information content (AvgIpc) is 2.20. The van der Waals surface area contributed by atoms with Gasteiger partial charge in [0, 0.05) is 5.56 Å². The molecule has 15 heavy (non-hydrogen) atoms. The summed E-state index contributed by atoms with van der Waals surface area (Å²) in [6.45, 7) is 0. The van der Waals surface area contributed by atoms with Gasteiger partial charge in [-0.15, -0.1) is 0 Å². The van der Waals surface area contributed by atoms with Gasteiger partial charge in [0.2, 0.25) is 5.88 Å². The number of nitrogens with zero attached hydrogens (tertiary/aromatic N) is 2. The van der Waals surface area contributed by atoms with Crippen molar-refractivity contribution in [3.63, 3.8) is 0 Å². The van der Waals surface area contributed by atoms with E-state index in [1.165, 1.54) is 7.11 Å². The van der Waals surface area contributed by atoms with Crippen molar-refractivity contribution in [3.8, 4) is 17.7 Å². The number of nitriles is 1. The van der Waals surface area contributed by atoms with Gasteiger partial charge in [-0.3, -0.25) is 0 Å². The Bertz CT molecular complexity index is 402. The van der Waals surface area contributed by atoms with E-state index in [1.54, 1.807) is 6.07 Å². The summed E-state index contributed by atoms with van der Waals surface area (Å²) in [7, 11) is 1.20. The van der Waals surface area contributed by atoms with Crippen molar-refractivity contribution >= 4 is 0 Å². The van der Waals surface area contributed by atoms with Gasteiger partial charge in [-0.1, -0.05) is 0 Å². The maximum absolute atomic E-state index is 12.6. The third-order valence-corrected chi connectivity index (χ3v) is 1.84. The molecule has 0 unspecified atom stereocenters. The number of rotatable bonds is 3. The number of alkyl halides is 2. The molecule has 0 aliphatic heterocycles. The molecule has 0 saturated carbocycles. The van der Waals surface area contributed by atoms with Gasteiger partial charge < -0.3 is 9.84 Å². The summed E-state index contributed by atoms with van der Waals surface area (Å²) in [5.74, 6) is -0.694. The molecule has 0 atom stereocenters. The highest BCUT2D eigenvalue weighted by Crippen LogP contribution is 2.35. The molecule has 0 spiro atoms. The van der Waals surface area contributed by atoms with E-state index in [9.17, 15) is 13.9 Å². The predicted molar refractivity (Wildman–Crippen MR) is 46.7 cm³/mol. The summed E-state index contributed by atoms with van der Waals surface area (Å²) in [6.07, 6.45) is -2.18. The van der Waals surface area contributed by atoms with Gasteiger partial charge in [0.25, 0.3) is 6.43 Å². The van der Waals surface area contributed by atoms with Crippen LogP contribution in [0, 0.1) is 11.3 Å². The first-order valence-electron chi connectivity index (χ1n) is 4.01. The lowest BCUT2D eigenvalue weighted by molar-refractivity contribution is 0.144. The Kier molecular flexibility index (Phi) is 3.39. The molecule has 6 heteroatoms. The van der Waals surface area contributed by atoms with Gasteiger partial charge in [-0.2, -0.15) is 5.26 Å². The van der Waals surface area contributed by atoms with Crippen molar-refractivity contribution in [2.75, 3.05) is 7.11 Å². The van der Waals surface area contributed by atoms with Gasteiger partial charge >= 0.3 is 0 Å². The van der Waals surface area contributed by atoms with Crippen LogP contribution in [0.3, 0.4) is 0 Å². The lowest BCUT2D eigenvalue weighted by Gasteiger charge is -2.11. The normalized spacial score (nSPS) is 10.1. The number of pyridine rings is 1. The minimum Gasteiger partial charge on any atom is -0.506 e. The van der Waals surface area contributed by atoms with E-state index in [0.717, 1.165) is 6.20 Å². The summed E-state index contributed by atoms with van der Waals surface area (Å²) in [5, 5.41) is 17.7. The fourth-order valence-electron chi connectivity index (χ4n) is 1.19. The molecular weight excluding hydrogens is 206 g/mol. The zero-order valence-electron chi connectivity index (χ0n) is 7.87. The number of hydrogen-bond acceptors (Lipinski definition) is 4. The quantitative estimate of drug-likeness (QED) is 0.833. The lowest BCUT2D eigenvalue weighted by atomic mass is 10.1. The first-order valence-corrected chi connectivity index (χ1v) is 4.01. The lowest BCUT2D eigenvalue weighted by Crippen LogP contribution is -2.01. The summed E-state index contributed by atoms with van der Waals surface area (Å²) < 4.78 is 29.9. The number of aromatic hydroxyl groups is 1. The molecule has 1 aromatic rings. The van der Waals surface area contributed by atoms with Crippen molar-refractivity contribution in [3.05, 3.63) is 17.3 Å². The van der Waals surface area contributed by atoms with Gasteiger partial charge in [0.1, 0.15) is 5.75 Å². The third-order valence-electron chi connectivity index (χ3n) is 1.84. The fraction of sp³-hybridized carbons (Fsp3) is 0.333. The monoisotopic (exact) mass is 214 g/mol. The van der Waals surface area contributed by atoms with E-state index in [0.29, 0.717) is 0 Å². The fourth-order valence-corrected chi connectivity index (χ4v) is 1.19. The Labute approximate surface area is 84.7 Å². The van der Waals surface area contributed by atoms with Crippen molar-refractivity contribution in [1.29, 1.82) is 5.26 Å². The molecule has 0 radical (unpaired) electrons. The topological polar surface area (TPSA) is 66.1 Å². The molecule has 0 bridgehead atoms. The van der Waals surface area contributed by atoms with Crippen molar-refractivity contribution in [1.82, 2.24) is 4.98 Å². The highest BCUT2D eigenvalue weighted by molar-refractivity contribution is 5.45. The van der Waals surface area contributed by atoms with E-state index in [2.05, 4.69) is 9.72 Å². The summed E-state index contributed by atoms with van der Waals surface area (Å²) in [6, 6.07) is 1.69. The first kappa shape index (κ1) is 11.2. The van der Waals surface area contributed by atoms with E-state index >= 15 is 0 Å². The van der Waals surface area contributed by atoms with Gasteiger partial charge in [0.05, 0.1) is 31.4 Å². The van der Waals surface area contributed by atoms with E-state index < -0.39 is 17.7 Å². The Morgan fingerprint density at radius 2 is 2.33 bits per heavy atom. The first-order chi connectivity index (χ1) is 7.11. The number of aromatic nitrogens is 1. The van der Waals surface area contributed by atoms with Crippen LogP contribution in [0.15, 0.2) is 6.20 Å². The van der Waals surface area contributed by atoms with Crippen molar-refractivity contribution in [2.24, 2.45) is 0 Å². The largest absolute Gasteiger partial charge is 0.506 e. The summed E-state index contributed by atoms with van der Waals surface area (Å²) in [4.78, 5) is 3.50. The van der Waals surface area contributed by atoms with E-state index in [4.69, 9.17) is 5.26 Å². The highest BCUT2D eigenvalue weighted by atomic mass is 19.3. The second-order valence-corrected chi connectivity index (χ2v) is 2.68. The van der Waals surface area contributed by atoms with E-state index in [-0.39, 0.29) is 17.9 Å². The second-order valence-electron chi connectivity index (χ2n) is 2.68. The van der Waals surface area contributed by atoms with Crippen molar-refractivity contribution in [2.45, 2.75) is 12.8 Å². The Balaban J connectivity index is 3.38. The van der Waals surface area contributed by atoms with Crippen LogP contribution in [-0.2, 0) is 6.42 Å². The van der Waals surface area contributed by atoms with Crippen LogP contribution in [-0.4, -0.2) is 17.2 Å². The van der Waals surface area contributed by atoms with Crippen LogP contribution >= 0.6 is 0 Å². The molecule has 1 N–H and O–H groups in total. The molecule has 4 nitrogen and oxygen atoms in total. The molecular formula is C9H8F2N2O2. The Hall–Kier alpha value is -1.90. The summed E-state index contributed by atoms with van der Waals surface area (Å²) >= 11 is 0. The number of methoxy groups -OCH3 is 1. The van der Waals surface area contributed by atoms with Crippen LogP contribution < -0.4 is 4.74 Å². The number of hydrogen-bond donors (Lipinski definition) is 1. The van der Waals surface area contributed by atoms with E-state index in [1.807, 2.05) is 0 Å². The van der Waals surface area contributed by atoms with Crippen LogP contribution in [0.4, 0.5) is 8.78 Å². The summed E-state index contributed by atoms with van der Waals surface area (Å²) in [5.41, 5.74) is -0.668. The number of halogens is 2. The molecule has 80 valence electrons. The van der Waals surface area contributed by atoms with Crippen LogP contribution in [0.5, 0.6) is 11.6 Å². The molecule has 0 amide bonds. The average molecular weight is 214 g/mol. The maximum Gasteiger partial charge on any atom is 0.269 e. The van der Waals surface area contributed by atoms with Gasteiger partial charge in [-0.25, -0.2) is 13.8 Å².